The number of benzene rings is 1. The quantitative estimate of drug-likeness (QED) is 0.184. The number of anilines is 1. The number of methoxy groups -OCH3 is 1. The number of ether oxygens (including phenoxy) is 1. The van der Waals surface area contributed by atoms with Crippen molar-refractivity contribution in [2.45, 2.75) is 25.7 Å². The fraction of sp³-hybridized carbons (Fsp3) is 0.500. The molecular formula is C22H35IN4O2. The Balaban J connectivity index is 0.00000420. The van der Waals surface area contributed by atoms with Crippen LogP contribution >= 0.6 is 24.0 Å². The van der Waals surface area contributed by atoms with Gasteiger partial charge >= 0.3 is 0 Å². The highest BCUT2D eigenvalue weighted by molar-refractivity contribution is 14.0. The van der Waals surface area contributed by atoms with Gasteiger partial charge in [0.15, 0.2) is 5.96 Å². The molecule has 0 radical (unpaired) electrons. The molecule has 1 heterocycles. The molecule has 2 aromatic rings. The Morgan fingerprint density at radius 2 is 1.83 bits per heavy atom. The summed E-state index contributed by atoms with van der Waals surface area (Å²) in [6.07, 6.45) is 5.66. The number of nitrogens with one attached hydrogen (secondary N) is 2. The Hall–Kier alpha value is -1.74. The van der Waals surface area contributed by atoms with Crippen molar-refractivity contribution >= 4 is 35.6 Å². The second-order valence-corrected chi connectivity index (χ2v) is 6.72. The van der Waals surface area contributed by atoms with E-state index in [-0.39, 0.29) is 24.0 Å². The second-order valence-electron chi connectivity index (χ2n) is 6.72. The second kappa shape index (κ2) is 16.1. The lowest BCUT2D eigenvalue weighted by molar-refractivity contribution is 0.193. The van der Waals surface area contributed by atoms with Gasteiger partial charge in [0.1, 0.15) is 5.76 Å². The highest BCUT2D eigenvalue weighted by Gasteiger charge is 2.02. The van der Waals surface area contributed by atoms with E-state index in [2.05, 4.69) is 46.8 Å². The lowest BCUT2D eigenvalue weighted by Crippen LogP contribution is -2.39. The van der Waals surface area contributed by atoms with Crippen molar-refractivity contribution in [1.29, 1.82) is 0 Å². The van der Waals surface area contributed by atoms with Gasteiger partial charge in [-0.1, -0.05) is 18.2 Å². The molecule has 0 saturated carbocycles. The molecule has 0 atom stereocenters. The summed E-state index contributed by atoms with van der Waals surface area (Å²) in [5, 5.41) is 6.82. The third kappa shape index (κ3) is 11.1. The van der Waals surface area contributed by atoms with Crippen LogP contribution in [0.15, 0.2) is 58.1 Å². The Bertz CT molecular complexity index is 650. The molecule has 29 heavy (non-hydrogen) atoms. The predicted octanol–water partition coefficient (Wildman–Crippen LogP) is 3.93. The van der Waals surface area contributed by atoms with Crippen LogP contribution in [0, 0.1) is 0 Å². The van der Waals surface area contributed by atoms with Gasteiger partial charge < -0.3 is 24.7 Å². The molecule has 2 rings (SSSR count). The standard InChI is InChI=1S/C22H34N4O2.HI/c1-26(20-10-4-3-5-11-20)17-9-15-24-22(23-14-6-7-18-27-2)25-16-13-21-12-8-19-28-21;/h3-5,8,10-12,19H,6-7,9,13-18H2,1-2H3,(H2,23,24,25);1H. The highest BCUT2D eigenvalue weighted by atomic mass is 127. The minimum atomic E-state index is 0. The van der Waals surface area contributed by atoms with Crippen molar-refractivity contribution in [2.24, 2.45) is 4.99 Å². The van der Waals surface area contributed by atoms with E-state index in [1.54, 1.807) is 13.4 Å². The van der Waals surface area contributed by atoms with E-state index in [1.807, 2.05) is 18.2 Å². The Morgan fingerprint density at radius 1 is 1.03 bits per heavy atom. The zero-order chi connectivity index (χ0) is 19.9. The molecule has 0 unspecified atom stereocenters. The van der Waals surface area contributed by atoms with E-state index in [9.17, 15) is 0 Å². The van der Waals surface area contributed by atoms with Gasteiger partial charge in [0.05, 0.1) is 6.26 Å². The molecule has 7 heteroatoms. The summed E-state index contributed by atoms with van der Waals surface area (Å²) in [5.74, 6) is 1.85. The lowest BCUT2D eigenvalue weighted by Gasteiger charge is -2.18. The molecule has 0 spiro atoms. The fourth-order valence-corrected chi connectivity index (χ4v) is 2.82. The fourth-order valence-electron chi connectivity index (χ4n) is 2.82. The topological polar surface area (TPSA) is 62.0 Å². The number of guanidine groups is 1. The Kier molecular flexibility index (Phi) is 14.0. The maximum Gasteiger partial charge on any atom is 0.191 e. The number of hydrogen-bond donors (Lipinski definition) is 2. The molecule has 2 N–H and O–H groups in total. The number of furan rings is 1. The molecule has 0 saturated heterocycles. The van der Waals surface area contributed by atoms with Crippen molar-refractivity contribution in [3.8, 4) is 0 Å². The third-order valence-electron chi connectivity index (χ3n) is 4.43. The van der Waals surface area contributed by atoms with Crippen LogP contribution in [-0.2, 0) is 11.2 Å². The molecule has 0 amide bonds. The van der Waals surface area contributed by atoms with Crippen molar-refractivity contribution in [3.63, 3.8) is 0 Å². The zero-order valence-corrected chi connectivity index (χ0v) is 19.9. The molecule has 0 fully saturated rings. The maximum absolute atomic E-state index is 5.39. The summed E-state index contributed by atoms with van der Waals surface area (Å²) in [6.45, 7) is 4.24. The van der Waals surface area contributed by atoms with E-state index in [4.69, 9.17) is 14.1 Å². The van der Waals surface area contributed by atoms with Gasteiger partial charge in [0.25, 0.3) is 0 Å². The van der Waals surface area contributed by atoms with Crippen LogP contribution in [0.2, 0.25) is 0 Å². The van der Waals surface area contributed by atoms with Crippen LogP contribution in [0.1, 0.15) is 25.0 Å². The van der Waals surface area contributed by atoms with Crippen molar-refractivity contribution in [1.82, 2.24) is 10.6 Å². The predicted molar refractivity (Wildman–Crippen MR) is 132 cm³/mol. The highest BCUT2D eigenvalue weighted by Crippen LogP contribution is 2.10. The smallest absolute Gasteiger partial charge is 0.191 e. The number of nitrogens with zero attached hydrogens (tertiary/aromatic N) is 2. The molecule has 1 aromatic carbocycles. The molecule has 0 aliphatic carbocycles. The van der Waals surface area contributed by atoms with Gasteiger partial charge in [-0.15, -0.1) is 24.0 Å². The number of aliphatic imine (C=N–C) groups is 1. The first-order valence-corrected chi connectivity index (χ1v) is 10.1. The number of hydrogen-bond acceptors (Lipinski definition) is 4. The van der Waals surface area contributed by atoms with Gasteiger partial charge in [0.2, 0.25) is 0 Å². The molecule has 6 nitrogen and oxygen atoms in total. The largest absolute Gasteiger partial charge is 0.469 e. The average molecular weight is 514 g/mol. The number of rotatable bonds is 13. The van der Waals surface area contributed by atoms with Gasteiger partial charge in [-0.05, 0) is 43.5 Å². The SMILES string of the molecule is COCCCCNC(=NCCCN(C)c1ccccc1)NCCc1ccco1.I. The van der Waals surface area contributed by atoms with Gasteiger partial charge in [-0.25, -0.2) is 0 Å². The van der Waals surface area contributed by atoms with Crippen LogP contribution < -0.4 is 15.5 Å². The van der Waals surface area contributed by atoms with Gasteiger partial charge in [-0.2, -0.15) is 0 Å². The van der Waals surface area contributed by atoms with Gasteiger partial charge in [-0.3, -0.25) is 4.99 Å². The van der Waals surface area contributed by atoms with E-state index in [0.29, 0.717) is 0 Å². The first-order chi connectivity index (χ1) is 13.8. The molecule has 1 aromatic heterocycles. The van der Waals surface area contributed by atoms with Gasteiger partial charge in [0, 0.05) is 59.1 Å². The van der Waals surface area contributed by atoms with E-state index >= 15 is 0 Å². The summed E-state index contributed by atoms with van der Waals surface area (Å²) in [4.78, 5) is 6.99. The van der Waals surface area contributed by atoms with Crippen LogP contribution in [0.3, 0.4) is 0 Å². The molecular weight excluding hydrogens is 479 g/mol. The number of halogens is 1. The summed E-state index contributed by atoms with van der Waals surface area (Å²) in [6, 6.07) is 14.4. The van der Waals surface area contributed by atoms with E-state index < -0.39 is 0 Å². The van der Waals surface area contributed by atoms with Crippen LogP contribution in [0.5, 0.6) is 0 Å². The maximum atomic E-state index is 5.39. The van der Waals surface area contributed by atoms with E-state index in [0.717, 1.165) is 70.2 Å². The minimum absolute atomic E-state index is 0. The first kappa shape index (κ1) is 25.3. The first-order valence-electron chi connectivity index (χ1n) is 10.1. The van der Waals surface area contributed by atoms with Crippen molar-refractivity contribution in [2.75, 3.05) is 51.8 Å². The average Bonchev–Trinajstić information content (AvgIpc) is 3.24. The molecule has 0 bridgehead atoms. The third-order valence-corrected chi connectivity index (χ3v) is 4.43. The summed E-state index contributed by atoms with van der Waals surface area (Å²) in [5.41, 5.74) is 1.24. The van der Waals surface area contributed by atoms with Crippen molar-refractivity contribution < 1.29 is 9.15 Å². The number of unbranched alkanes of at least 4 members (excludes halogenated alkanes) is 1. The van der Waals surface area contributed by atoms with E-state index in [1.165, 1.54) is 5.69 Å². The monoisotopic (exact) mass is 514 g/mol. The van der Waals surface area contributed by atoms with Crippen LogP contribution in [-0.4, -0.2) is 52.9 Å². The van der Waals surface area contributed by atoms with Crippen molar-refractivity contribution in [3.05, 3.63) is 54.5 Å². The molecule has 0 aliphatic rings. The lowest BCUT2D eigenvalue weighted by atomic mass is 10.3. The molecule has 162 valence electrons. The Labute approximate surface area is 192 Å². The Morgan fingerprint density at radius 3 is 2.55 bits per heavy atom. The normalized spacial score (nSPS) is 11.0. The molecule has 0 aliphatic heterocycles. The zero-order valence-electron chi connectivity index (χ0n) is 17.6. The summed E-state index contributed by atoms with van der Waals surface area (Å²) in [7, 11) is 3.86. The number of para-hydroxylation sites is 1. The van der Waals surface area contributed by atoms with Crippen LogP contribution in [0.25, 0.3) is 0 Å². The summed E-state index contributed by atoms with van der Waals surface area (Å²) >= 11 is 0. The minimum Gasteiger partial charge on any atom is -0.469 e. The van der Waals surface area contributed by atoms with Crippen LogP contribution in [0.4, 0.5) is 5.69 Å². The summed E-state index contributed by atoms with van der Waals surface area (Å²) < 4.78 is 10.5.